The predicted molar refractivity (Wildman–Crippen MR) is 66.4 cm³/mol. The van der Waals surface area contributed by atoms with Crippen LogP contribution in [0, 0.1) is 10.4 Å². The largest absolute Gasteiger partial charge is 0.715 e. The zero-order valence-corrected chi connectivity index (χ0v) is 10.6. The Balaban J connectivity index is 2.03. The smallest absolute Gasteiger partial charge is 0.315 e. The molecule has 0 fully saturated rings. The van der Waals surface area contributed by atoms with E-state index >= 15 is 0 Å². The lowest BCUT2D eigenvalue weighted by molar-refractivity contribution is -0.446. The molecule has 0 saturated carbocycles. The maximum Gasteiger partial charge on any atom is 0.315 e. The number of hydrogen-bond donors (Lipinski definition) is 0. The van der Waals surface area contributed by atoms with E-state index in [1.807, 2.05) is 0 Å². The molecule has 0 N–H and O–H groups in total. The van der Waals surface area contributed by atoms with Crippen LogP contribution in [-0.4, -0.2) is 57.5 Å². The molecule has 2 aliphatic heterocycles. The lowest BCUT2D eigenvalue weighted by atomic mass is 10.1. The van der Waals surface area contributed by atoms with E-state index in [1.54, 1.807) is 18.2 Å². The Morgan fingerprint density at radius 1 is 0.900 bits per heavy atom. The minimum absolute atomic E-state index is 0.0142. The summed E-state index contributed by atoms with van der Waals surface area (Å²) in [4.78, 5) is 0. The highest BCUT2D eigenvalue weighted by Gasteiger charge is 2.33. The van der Waals surface area contributed by atoms with Gasteiger partial charge in [-0.3, -0.25) is 9.48 Å². The average Bonchev–Trinajstić information content (AvgIpc) is 2.93. The van der Waals surface area contributed by atoms with Crippen molar-refractivity contribution in [3.63, 3.8) is 0 Å². The molecule has 0 spiro atoms. The Kier molecular flexibility index (Phi) is 2.96. The zero-order valence-electron chi connectivity index (χ0n) is 10.6. The molecule has 2 aliphatic rings. The van der Waals surface area contributed by atoms with Gasteiger partial charge in [-0.15, -0.1) is 0 Å². The molecule has 0 amide bonds. The van der Waals surface area contributed by atoms with Crippen molar-refractivity contribution < 1.29 is 19.9 Å². The number of hydroxylamine groups is 6. The third-order valence-electron chi connectivity index (χ3n) is 3.34. The summed E-state index contributed by atoms with van der Waals surface area (Å²) in [6.07, 6.45) is 0. The van der Waals surface area contributed by atoms with Gasteiger partial charge >= 0.3 is 11.7 Å². The number of hydrogen-bond acceptors (Lipinski definition) is 4. The van der Waals surface area contributed by atoms with Gasteiger partial charge in [-0.1, -0.05) is 16.2 Å². The van der Waals surface area contributed by atoms with Crippen LogP contribution in [0.3, 0.4) is 0 Å². The van der Waals surface area contributed by atoms with Crippen molar-refractivity contribution in [2.24, 2.45) is 0 Å². The summed E-state index contributed by atoms with van der Waals surface area (Å²) < 4.78 is 1.24. The normalized spacial score (nSPS) is 19.5. The molecule has 8 nitrogen and oxygen atoms in total. The second-order valence-corrected chi connectivity index (χ2v) is 4.64. The third kappa shape index (κ3) is 1.95. The molecule has 0 bridgehead atoms. The van der Waals surface area contributed by atoms with Crippen LogP contribution >= 0.6 is 0 Å². The molecule has 3 rings (SSSR count). The fraction of sp³-hybridized carbons (Fsp3) is 0.333. The van der Waals surface area contributed by atoms with E-state index in [-0.39, 0.29) is 37.9 Å². The molecule has 20 heavy (non-hydrogen) atoms. The van der Waals surface area contributed by atoms with Crippen LogP contribution in [0.25, 0.3) is 0 Å². The Labute approximate surface area is 114 Å². The van der Waals surface area contributed by atoms with Crippen LogP contribution in [-0.2, 0) is 10.4 Å². The van der Waals surface area contributed by atoms with Crippen LogP contribution < -0.4 is 0 Å². The van der Waals surface area contributed by atoms with Crippen LogP contribution in [0.15, 0.2) is 24.3 Å². The summed E-state index contributed by atoms with van der Waals surface area (Å²) in [5.41, 5.74) is 0.817. The molecule has 1 aromatic carbocycles. The van der Waals surface area contributed by atoms with Crippen molar-refractivity contribution in [3.05, 3.63) is 45.8 Å². The fourth-order valence-corrected chi connectivity index (χ4v) is 2.41. The second kappa shape index (κ2) is 4.66. The maximum atomic E-state index is 11.6. The fourth-order valence-electron chi connectivity index (χ4n) is 2.41. The Bertz CT molecular complexity index is 564. The first-order valence-corrected chi connectivity index (χ1v) is 6.21. The number of benzene rings is 1. The number of rotatable bonds is 2. The van der Waals surface area contributed by atoms with Crippen molar-refractivity contribution in [2.75, 3.05) is 26.2 Å². The molecule has 2 radical (unpaired) electrons. The van der Waals surface area contributed by atoms with Crippen LogP contribution in [0.4, 0.5) is 0 Å². The molecular formula is C12H12N4O4. The highest BCUT2D eigenvalue weighted by molar-refractivity contribution is 6.00. The third-order valence-corrected chi connectivity index (χ3v) is 3.34. The van der Waals surface area contributed by atoms with Crippen molar-refractivity contribution in [1.29, 1.82) is 0 Å². The van der Waals surface area contributed by atoms with Crippen molar-refractivity contribution in [1.82, 2.24) is 10.1 Å². The van der Waals surface area contributed by atoms with E-state index in [9.17, 15) is 20.8 Å². The van der Waals surface area contributed by atoms with E-state index in [1.165, 1.54) is 6.07 Å². The number of nitrogens with zero attached hydrogens (tertiary/aromatic N) is 4. The first-order valence-electron chi connectivity index (χ1n) is 6.21. The minimum Gasteiger partial charge on any atom is -0.715 e. The number of amidine groups is 2. The lowest BCUT2D eigenvalue weighted by Crippen LogP contribution is -2.27. The van der Waals surface area contributed by atoms with Gasteiger partial charge in [0.1, 0.15) is 13.1 Å². The van der Waals surface area contributed by atoms with Crippen molar-refractivity contribution >= 4 is 11.7 Å². The highest BCUT2D eigenvalue weighted by atomic mass is 16.5. The van der Waals surface area contributed by atoms with Gasteiger partial charge in [0.2, 0.25) is 0 Å². The van der Waals surface area contributed by atoms with Crippen molar-refractivity contribution in [3.8, 4) is 0 Å². The molecule has 1 aromatic rings. The summed E-state index contributed by atoms with van der Waals surface area (Å²) in [5, 5.41) is 47.8. The predicted octanol–water partition coefficient (Wildman–Crippen LogP) is -0.477. The quantitative estimate of drug-likeness (QED) is 0.538. The van der Waals surface area contributed by atoms with Gasteiger partial charge in [0, 0.05) is 10.4 Å². The first-order chi connectivity index (χ1) is 9.58. The lowest BCUT2D eigenvalue weighted by Gasteiger charge is -2.09. The van der Waals surface area contributed by atoms with Gasteiger partial charge in [0.25, 0.3) is 0 Å². The molecule has 0 saturated heterocycles. The van der Waals surface area contributed by atoms with E-state index < -0.39 is 0 Å². The van der Waals surface area contributed by atoms with Crippen LogP contribution in [0.1, 0.15) is 11.1 Å². The summed E-state index contributed by atoms with van der Waals surface area (Å²) in [7, 11) is 0. The Morgan fingerprint density at radius 2 is 1.35 bits per heavy atom. The molecular weight excluding hydrogens is 264 g/mol. The minimum atomic E-state index is 0.0142. The van der Waals surface area contributed by atoms with Crippen LogP contribution in [0.5, 0.6) is 0 Å². The topological polar surface area (TPSA) is 98.4 Å². The van der Waals surface area contributed by atoms with Gasteiger partial charge in [-0.2, -0.15) is 0 Å². The van der Waals surface area contributed by atoms with Crippen molar-refractivity contribution in [2.45, 2.75) is 0 Å². The molecule has 104 valence electrons. The monoisotopic (exact) mass is 276 g/mol. The van der Waals surface area contributed by atoms with Gasteiger partial charge < -0.3 is 10.4 Å². The summed E-state index contributed by atoms with van der Waals surface area (Å²) in [6.45, 7) is 0.448. The standard InChI is InChI=1S/C12H12N4O4/c17-13-4-5-14(18)11(13)9-2-1-3-10(8-9)12-15(19)6-7-16(12)20/h1-3,8H,4-7H2. The van der Waals surface area contributed by atoms with Gasteiger partial charge in [-0.05, 0) is 18.2 Å². The molecule has 0 unspecified atom stereocenters. The Morgan fingerprint density at radius 3 is 1.70 bits per heavy atom. The van der Waals surface area contributed by atoms with Gasteiger partial charge in [0.15, 0.2) is 13.1 Å². The van der Waals surface area contributed by atoms with Gasteiger partial charge in [-0.25, -0.2) is 0 Å². The van der Waals surface area contributed by atoms with Gasteiger partial charge in [0.05, 0.1) is 11.1 Å². The highest BCUT2D eigenvalue weighted by Crippen LogP contribution is 2.15. The second-order valence-electron chi connectivity index (χ2n) is 4.64. The summed E-state index contributed by atoms with van der Waals surface area (Å²) >= 11 is 0. The molecule has 0 atom stereocenters. The van der Waals surface area contributed by atoms with E-state index in [2.05, 4.69) is 0 Å². The Hall–Kier alpha value is -2.32. The average molecular weight is 276 g/mol. The van der Waals surface area contributed by atoms with E-state index in [0.717, 1.165) is 0 Å². The molecule has 0 aliphatic carbocycles. The maximum absolute atomic E-state index is 11.6. The molecule has 2 heterocycles. The molecule has 8 heteroatoms. The zero-order chi connectivity index (χ0) is 14.3. The van der Waals surface area contributed by atoms with Crippen LogP contribution in [0.2, 0.25) is 0 Å². The molecule has 0 aromatic heterocycles. The summed E-state index contributed by atoms with van der Waals surface area (Å²) in [5.74, 6) is 0.0284. The van der Waals surface area contributed by atoms with E-state index in [0.29, 0.717) is 30.7 Å². The SMILES string of the molecule is [O]N1CC[N+]([O-])=C1c1cccc(C2=[N+]([O-])CCN2[O])c1. The summed E-state index contributed by atoms with van der Waals surface area (Å²) in [6, 6.07) is 6.36. The van der Waals surface area contributed by atoms with E-state index in [4.69, 9.17) is 0 Å². The first kappa shape index (κ1) is 12.7.